The zero-order chi connectivity index (χ0) is 14.1. The van der Waals surface area contributed by atoms with Crippen LogP contribution in [-0.2, 0) is 0 Å². The molecule has 1 aromatic carbocycles. The minimum absolute atomic E-state index is 0.106. The van der Waals surface area contributed by atoms with Crippen molar-refractivity contribution in [1.29, 1.82) is 0 Å². The maximum atomic E-state index is 12.5. The molecule has 0 aromatic heterocycles. The van der Waals surface area contributed by atoms with Crippen LogP contribution < -0.4 is 10.6 Å². The second-order valence-corrected chi connectivity index (χ2v) is 6.23. The van der Waals surface area contributed by atoms with Crippen LogP contribution in [0.2, 0.25) is 0 Å². The Morgan fingerprint density at radius 3 is 2.40 bits per heavy atom. The third-order valence-electron chi connectivity index (χ3n) is 4.41. The van der Waals surface area contributed by atoms with Gasteiger partial charge in [-0.1, -0.05) is 0 Å². The van der Waals surface area contributed by atoms with Crippen molar-refractivity contribution in [2.24, 2.45) is 11.8 Å². The van der Waals surface area contributed by atoms with Crippen LogP contribution in [0.15, 0.2) is 18.2 Å². The lowest BCUT2D eigenvalue weighted by Crippen LogP contribution is -2.38. The van der Waals surface area contributed by atoms with Gasteiger partial charge in [-0.05, 0) is 75.1 Å². The summed E-state index contributed by atoms with van der Waals surface area (Å²) in [5, 5.41) is 6.57. The van der Waals surface area contributed by atoms with Crippen LogP contribution in [0, 0.1) is 18.8 Å². The standard InChI is InChI=1S/C17H24N2O/c1-3-18-14-8-9-15(11(2)10-14)17(20)19-16(12-4-5-12)13-6-7-13/h8-10,12-13,16,18H,3-7H2,1-2H3,(H,19,20). The van der Waals surface area contributed by atoms with Crippen molar-refractivity contribution < 1.29 is 4.79 Å². The Hall–Kier alpha value is -1.51. The number of aryl methyl sites for hydroxylation is 1. The zero-order valence-electron chi connectivity index (χ0n) is 12.4. The molecule has 3 heteroatoms. The summed E-state index contributed by atoms with van der Waals surface area (Å²) < 4.78 is 0. The summed E-state index contributed by atoms with van der Waals surface area (Å²) in [7, 11) is 0. The van der Waals surface area contributed by atoms with E-state index >= 15 is 0 Å². The van der Waals surface area contributed by atoms with Crippen LogP contribution in [0.3, 0.4) is 0 Å². The van der Waals surface area contributed by atoms with Gasteiger partial charge in [0.2, 0.25) is 0 Å². The second-order valence-electron chi connectivity index (χ2n) is 6.23. The predicted molar refractivity (Wildman–Crippen MR) is 82.0 cm³/mol. The monoisotopic (exact) mass is 272 g/mol. The van der Waals surface area contributed by atoms with Crippen molar-refractivity contribution in [2.75, 3.05) is 11.9 Å². The van der Waals surface area contributed by atoms with Gasteiger partial charge in [0.05, 0.1) is 0 Å². The Balaban J connectivity index is 1.69. The maximum absolute atomic E-state index is 12.5. The van der Waals surface area contributed by atoms with Crippen LogP contribution in [-0.4, -0.2) is 18.5 Å². The summed E-state index contributed by atoms with van der Waals surface area (Å²) in [6.45, 7) is 4.99. The summed E-state index contributed by atoms with van der Waals surface area (Å²) >= 11 is 0. The Kier molecular flexibility index (Phi) is 3.68. The Labute approximate surface area is 121 Å². The van der Waals surface area contributed by atoms with Gasteiger partial charge in [0.15, 0.2) is 0 Å². The first-order chi connectivity index (χ1) is 9.69. The van der Waals surface area contributed by atoms with Crippen LogP contribution in [0.5, 0.6) is 0 Å². The molecule has 3 rings (SSSR count). The number of hydrogen-bond donors (Lipinski definition) is 2. The normalized spacial score (nSPS) is 18.1. The number of rotatable bonds is 6. The number of nitrogens with one attached hydrogen (secondary N) is 2. The van der Waals surface area contributed by atoms with E-state index in [4.69, 9.17) is 0 Å². The highest BCUT2D eigenvalue weighted by molar-refractivity contribution is 5.96. The fraction of sp³-hybridized carbons (Fsp3) is 0.588. The highest BCUT2D eigenvalue weighted by atomic mass is 16.1. The SMILES string of the molecule is CCNc1ccc(C(=O)NC(C2CC2)C2CC2)c(C)c1. The van der Waals surface area contributed by atoms with Gasteiger partial charge in [-0.25, -0.2) is 0 Å². The van der Waals surface area contributed by atoms with Crippen LogP contribution in [0.25, 0.3) is 0 Å². The van der Waals surface area contributed by atoms with E-state index in [1.165, 1.54) is 25.7 Å². The van der Waals surface area contributed by atoms with Crippen molar-refractivity contribution >= 4 is 11.6 Å². The molecule has 3 nitrogen and oxygen atoms in total. The molecule has 1 amide bonds. The van der Waals surface area contributed by atoms with Gasteiger partial charge in [0.25, 0.3) is 5.91 Å². The lowest BCUT2D eigenvalue weighted by Gasteiger charge is -2.18. The van der Waals surface area contributed by atoms with E-state index in [1.54, 1.807) is 0 Å². The first-order valence-corrected chi connectivity index (χ1v) is 7.84. The number of carbonyl (C=O) groups excluding carboxylic acids is 1. The topological polar surface area (TPSA) is 41.1 Å². The summed E-state index contributed by atoms with van der Waals surface area (Å²) in [6, 6.07) is 6.42. The highest BCUT2D eigenvalue weighted by Gasteiger charge is 2.42. The van der Waals surface area contributed by atoms with Crippen molar-refractivity contribution in [3.8, 4) is 0 Å². The van der Waals surface area contributed by atoms with Crippen molar-refractivity contribution in [1.82, 2.24) is 5.32 Å². The second kappa shape index (κ2) is 5.47. The summed E-state index contributed by atoms with van der Waals surface area (Å²) in [6.07, 6.45) is 5.17. The fourth-order valence-electron chi connectivity index (χ4n) is 2.99. The Morgan fingerprint density at radius 2 is 1.90 bits per heavy atom. The molecule has 0 saturated heterocycles. The van der Waals surface area contributed by atoms with E-state index in [1.807, 2.05) is 19.1 Å². The first kappa shape index (κ1) is 13.5. The van der Waals surface area contributed by atoms with Crippen molar-refractivity contribution in [3.63, 3.8) is 0 Å². The number of carbonyl (C=O) groups is 1. The average molecular weight is 272 g/mol. The lowest BCUT2D eigenvalue weighted by molar-refractivity contribution is 0.0925. The van der Waals surface area contributed by atoms with E-state index in [9.17, 15) is 4.79 Å². The molecular weight excluding hydrogens is 248 g/mol. The van der Waals surface area contributed by atoms with Gasteiger partial charge in [-0.15, -0.1) is 0 Å². The van der Waals surface area contributed by atoms with Crippen LogP contribution in [0.1, 0.15) is 48.5 Å². The smallest absolute Gasteiger partial charge is 0.251 e. The van der Waals surface area contributed by atoms with Gasteiger partial charge in [-0.2, -0.15) is 0 Å². The molecule has 0 unspecified atom stereocenters. The van der Waals surface area contributed by atoms with E-state index in [2.05, 4.69) is 23.6 Å². The van der Waals surface area contributed by atoms with Gasteiger partial charge in [-0.3, -0.25) is 4.79 Å². The Morgan fingerprint density at radius 1 is 1.25 bits per heavy atom. The molecule has 108 valence electrons. The van der Waals surface area contributed by atoms with Crippen LogP contribution in [0.4, 0.5) is 5.69 Å². The molecule has 1 aromatic rings. The van der Waals surface area contributed by atoms with Gasteiger partial charge < -0.3 is 10.6 Å². The molecule has 0 aliphatic heterocycles. The predicted octanol–water partition coefficient (Wildman–Crippen LogP) is 3.35. The molecule has 2 saturated carbocycles. The summed E-state index contributed by atoms with van der Waals surface area (Å²) in [4.78, 5) is 12.5. The minimum Gasteiger partial charge on any atom is -0.385 e. The average Bonchev–Trinajstić information content (AvgIpc) is 3.28. The number of hydrogen-bond acceptors (Lipinski definition) is 2. The van der Waals surface area contributed by atoms with Crippen molar-refractivity contribution in [2.45, 2.75) is 45.6 Å². The van der Waals surface area contributed by atoms with Gasteiger partial charge >= 0.3 is 0 Å². The van der Waals surface area contributed by atoms with Crippen molar-refractivity contribution in [3.05, 3.63) is 29.3 Å². The Bertz CT molecular complexity index is 492. The summed E-state index contributed by atoms with van der Waals surface area (Å²) in [5.41, 5.74) is 2.95. The molecule has 2 aliphatic rings. The zero-order valence-corrected chi connectivity index (χ0v) is 12.4. The number of amides is 1. The number of benzene rings is 1. The van der Waals surface area contributed by atoms with E-state index in [0.29, 0.717) is 6.04 Å². The molecule has 2 fully saturated rings. The molecule has 0 bridgehead atoms. The summed E-state index contributed by atoms with van der Waals surface area (Å²) in [5.74, 6) is 1.59. The maximum Gasteiger partial charge on any atom is 0.251 e. The first-order valence-electron chi connectivity index (χ1n) is 7.84. The molecule has 0 radical (unpaired) electrons. The third-order valence-corrected chi connectivity index (χ3v) is 4.41. The fourth-order valence-corrected chi connectivity index (χ4v) is 2.99. The van der Waals surface area contributed by atoms with Gasteiger partial charge in [0.1, 0.15) is 0 Å². The molecule has 20 heavy (non-hydrogen) atoms. The quantitative estimate of drug-likeness (QED) is 0.834. The van der Waals surface area contributed by atoms with E-state index in [0.717, 1.165) is 35.2 Å². The molecule has 0 heterocycles. The third kappa shape index (κ3) is 2.97. The minimum atomic E-state index is 0.106. The molecule has 0 atom stereocenters. The van der Waals surface area contributed by atoms with E-state index in [-0.39, 0.29) is 5.91 Å². The van der Waals surface area contributed by atoms with Gasteiger partial charge in [0, 0.05) is 23.8 Å². The molecule has 0 spiro atoms. The lowest BCUT2D eigenvalue weighted by atomic mass is 10.0. The largest absolute Gasteiger partial charge is 0.385 e. The molecule has 2 N–H and O–H groups in total. The van der Waals surface area contributed by atoms with E-state index < -0.39 is 0 Å². The number of anilines is 1. The highest BCUT2D eigenvalue weighted by Crippen LogP contribution is 2.44. The van der Waals surface area contributed by atoms with Crippen LogP contribution >= 0.6 is 0 Å². The molecular formula is C17H24N2O. The molecule has 2 aliphatic carbocycles.